The Labute approximate surface area is 99.3 Å². The Bertz CT molecular complexity index is 328. The van der Waals surface area contributed by atoms with Crippen molar-refractivity contribution in [2.24, 2.45) is 5.92 Å². The van der Waals surface area contributed by atoms with Gasteiger partial charge in [0, 0.05) is 6.04 Å². The van der Waals surface area contributed by atoms with Crippen LogP contribution in [-0.2, 0) is 0 Å². The molecule has 0 heterocycles. The van der Waals surface area contributed by atoms with Crippen LogP contribution in [0.4, 0.5) is 0 Å². The van der Waals surface area contributed by atoms with Gasteiger partial charge in [-0.25, -0.2) is 0 Å². The van der Waals surface area contributed by atoms with E-state index in [-0.39, 0.29) is 0 Å². The molecule has 1 aliphatic rings. The second-order valence-corrected chi connectivity index (χ2v) is 4.99. The first kappa shape index (κ1) is 11.7. The van der Waals surface area contributed by atoms with Crippen LogP contribution in [0.2, 0.25) is 0 Å². The lowest BCUT2D eigenvalue weighted by atomic mass is 9.65. The summed E-state index contributed by atoms with van der Waals surface area (Å²) >= 11 is 0. The van der Waals surface area contributed by atoms with E-state index in [0.29, 0.717) is 0 Å². The fourth-order valence-corrected chi connectivity index (χ4v) is 2.97. The van der Waals surface area contributed by atoms with Gasteiger partial charge < -0.3 is 5.32 Å². The summed E-state index contributed by atoms with van der Waals surface area (Å²) in [6.45, 7) is 7.77. The van der Waals surface area contributed by atoms with Crippen molar-refractivity contribution in [2.75, 3.05) is 6.54 Å². The molecule has 16 heavy (non-hydrogen) atoms. The molecule has 1 heteroatoms. The topological polar surface area (TPSA) is 12.0 Å². The molecule has 0 saturated heterocycles. The third-order valence-corrected chi connectivity index (χ3v) is 3.98. The molecule has 1 fully saturated rings. The lowest BCUT2D eigenvalue weighted by Crippen LogP contribution is -2.48. The van der Waals surface area contributed by atoms with Gasteiger partial charge in [-0.1, -0.05) is 50.1 Å². The summed E-state index contributed by atoms with van der Waals surface area (Å²) in [4.78, 5) is 0. The van der Waals surface area contributed by atoms with Gasteiger partial charge in [0.05, 0.1) is 0 Å². The molecule has 88 valence electrons. The predicted octanol–water partition coefficient (Wildman–Crippen LogP) is 3.49. The van der Waals surface area contributed by atoms with E-state index in [9.17, 15) is 0 Å². The maximum atomic E-state index is 3.59. The van der Waals surface area contributed by atoms with Gasteiger partial charge in [-0.15, -0.1) is 0 Å². The fourth-order valence-electron chi connectivity index (χ4n) is 2.97. The summed E-state index contributed by atoms with van der Waals surface area (Å²) in [7, 11) is 0. The van der Waals surface area contributed by atoms with Gasteiger partial charge >= 0.3 is 0 Å². The summed E-state index contributed by atoms with van der Waals surface area (Å²) in [5.74, 6) is 1.62. The highest BCUT2D eigenvalue weighted by molar-refractivity contribution is 5.28. The Balaban J connectivity index is 2.04. The van der Waals surface area contributed by atoms with Crippen molar-refractivity contribution >= 4 is 0 Å². The SMILES string of the molecule is CCNC1CC(c2ccc(C)cc2)C1CC. The van der Waals surface area contributed by atoms with Gasteiger partial charge in [0.25, 0.3) is 0 Å². The molecule has 1 nitrogen and oxygen atoms in total. The minimum atomic E-state index is 0.751. The zero-order chi connectivity index (χ0) is 11.5. The molecule has 1 N–H and O–H groups in total. The minimum absolute atomic E-state index is 0.751. The van der Waals surface area contributed by atoms with Crippen LogP contribution in [0.1, 0.15) is 43.7 Å². The van der Waals surface area contributed by atoms with E-state index in [4.69, 9.17) is 0 Å². The van der Waals surface area contributed by atoms with E-state index in [0.717, 1.165) is 24.4 Å². The average molecular weight is 217 g/mol. The van der Waals surface area contributed by atoms with Crippen molar-refractivity contribution in [2.45, 2.75) is 45.6 Å². The van der Waals surface area contributed by atoms with Crippen molar-refractivity contribution in [1.29, 1.82) is 0 Å². The minimum Gasteiger partial charge on any atom is -0.314 e. The van der Waals surface area contributed by atoms with Crippen LogP contribution in [0.15, 0.2) is 24.3 Å². The second kappa shape index (κ2) is 5.01. The summed E-state index contributed by atoms with van der Waals surface area (Å²) in [5.41, 5.74) is 2.89. The van der Waals surface area contributed by atoms with Gasteiger partial charge in [0.2, 0.25) is 0 Å². The molecule has 1 aliphatic carbocycles. The van der Waals surface area contributed by atoms with Crippen LogP contribution in [0.3, 0.4) is 0 Å². The van der Waals surface area contributed by atoms with Gasteiger partial charge in [0.15, 0.2) is 0 Å². The highest BCUT2D eigenvalue weighted by atomic mass is 14.9. The fraction of sp³-hybridized carbons (Fsp3) is 0.600. The Morgan fingerprint density at radius 2 is 1.88 bits per heavy atom. The number of aryl methyl sites for hydroxylation is 1. The van der Waals surface area contributed by atoms with E-state index < -0.39 is 0 Å². The molecular formula is C15H23N. The highest BCUT2D eigenvalue weighted by Crippen LogP contribution is 2.44. The Kier molecular flexibility index (Phi) is 3.65. The molecule has 3 unspecified atom stereocenters. The van der Waals surface area contributed by atoms with Crippen LogP contribution in [-0.4, -0.2) is 12.6 Å². The molecule has 0 spiro atoms. The maximum absolute atomic E-state index is 3.59. The van der Waals surface area contributed by atoms with Crippen LogP contribution in [0, 0.1) is 12.8 Å². The molecule has 0 aromatic heterocycles. The van der Waals surface area contributed by atoms with Crippen molar-refractivity contribution in [3.8, 4) is 0 Å². The van der Waals surface area contributed by atoms with Crippen molar-refractivity contribution in [3.63, 3.8) is 0 Å². The standard InChI is InChI=1S/C15H23N/c1-4-13-14(10-15(13)16-5-2)12-8-6-11(3)7-9-12/h6-9,13-16H,4-5,10H2,1-3H3. The molecular weight excluding hydrogens is 194 g/mol. The van der Waals surface area contributed by atoms with E-state index in [1.165, 1.54) is 24.0 Å². The Hall–Kier alpha value is -0.820. The maximum Gasteiger partial charge on any atom is 0.0107 e. The van der Waals surface area contributed by atoms with Crippen molar-refractivity contribution in [1.82, 2.24) is 5.32 Å². The highest BCUT2D eigenvalue weighted by Gasteiger charge is 2.39. The van der Waals surface area contributed by atoms with Gasteiger partial charge in [-0.2, -0.15) is 0 Å². The number of nitrogens with one attached hydrogen (secondary N) is 1. The van der Waals surface area contributed by atoms with Crippen LogP contribution < -0.4 is 5.32 Å². The first-order valence-electron chi connectivity index (χ1n) is 6.56. The van der Waals surface area contributed by atoms with Crippen LogP contribution >= 0.6 is 0 Å². The Morgan fingerprint density at radius 1 is 1.19 bits per heavy atom. The molecule has 0 aliphatic heterocycles. The second-order valence-electron chi connectivity index (χ2n) is 4.99. The van der Waals surface area contributed by atoms with Gasteiger partial charge in [0.1, 0.15) is 0 Å². The monoisotopic (exact) mass is 217 g/mol. The molecule has 0 bridgehead atoms. The first-order chi connectivity index (χ1) is 7.76. The van der Waals surface area contributed by atoms with Crippen molar-refractivity contribution in [3.05, 3.63) is 35.4 Å². The zero-order valence-electron chi connectivity index (χ0n) is 10.7. The van der Waals surface area contributed by atoms with Crippen LogP contribution in [0.25, 0.3) is 0 Å². The third-order valence-electron chi connectivity index (χ3n) is 3.98. The average Bonchev–Trinajstić information content (AvgIpc) is 2.26. The molecule has 3 atom stereocenters. The third kappa shape index (κ3) is 2.15. The van der Waals surface area contributed by atoms with Crippen LogP contribution in [0.5, 0.6) is 0 Å². The molecule has 1 aromatic carbocycles. The lowest BCUT2D eigenvalue weighted by Gasteiger charge is -2.45. The quantitative estimate of drug-likeness (QED) is 0.814. The molecule has 0 radical (unpaired) electrons. The molecule has 2 rings (SSSR count). The molecule has 0 amide bonds. The number of rotatable bonds is 4. The summed E-state index contributed by atoms with van der Waals surface area (Å²) in [5, 5.41) is 3.59. The number of hydrogen-bond donors (Lipinski definition) is 1. The van der Waals surface area contributed by atoms with E-state index in [1.54, 1.807) is 0 Å². The molecule has 1 saturated carbocycles. The normalized spacial score (nSPS) is 28.8. The summed E-state index contributed by atoms with van der Waals surface area (Å²) < 4.78 is 0. The summed E-state index contributed by atoms with van der Waals surface area (Å²) in [6, 6.07) is 9.85. The number of benzene rings is 1. The van der Waals surface area contributed by atoms with E-state index in [1.807, 2.05) is 0 Å². The van der Waals surface area contributed by atoms with Gasteiger partial charge in [-0.3, -0.25) is 0 Å². The van der Waals surface area contributed by atoms with E-state index >= 15 is 0 Å². The molecule has 1 aromatic rings. The van der Waals surface area contributed by atoms with E-state index in [2.05, 4.69) is 50.4 Å². The smallest absolute Gasteiger partial charge is 0.0107 e. The Morgan fingerprint density at radius 3 is 2.44 bits per heavy atom. The van der Waals surface area contributed by atoms with Gasteiger partial charge in [-0.05, 0) is 37.3 Å². The largest absolute Gasteiger partial charge is 0.314 e. The van der Waals surface area contributed by atoms with Crippen molar-refractivity contribution < 1.29 is 0 Å². The number of hydrogen-bond acceptors (Lipinski definition) is 1. The summed E-state index contributed by atoms with van der Waals surface area (Å²) in [6.07, 6.45) is 2.60. The predicted molar refractivity (Wildman–Crippen MR) is 69.8 cm³/mol. The first-order valence-corrected chi connectivity index (χ1v) is 6.56. The lowest BCUT2D eigenvalue weighted by molar-refractivity contribution is 0.163. The zero-order valence-corrected chi connectivity index (χ0v) is 10.7.